The van der Waals surface area contributed by atoms with Gasteiger partial charge in [-0.3, -0.25) is 4.98 Å². The largest absolute Gasteiger partial charge is 0.385 e. The number of benzene rings is 1. The molecule has 0 aliphatic carbocycles. The van der Waals surface area contributed by atoms with E-state index in [1.54, 1.807) is 7.11 Å². The second-order valence-corrected chi connectivity index (χ2v) is 5.11. The highest BCUT2D eigenvalue weighted by Gasteiger charge is 2.28. The van der Waals surface area contributed by atoms with Crippen LogP contribution >= 0.6 is 0 Å². The van der Waals surface area contributed by atoms with Crippen LogP contribution in [0.4, 0.5) is 0 Å². The van der Waals surface area contributed by atoms with Crippen LogP contribution in [-0.2, 0) is 4.74 Å². The topological polar surface area (TPSA) is 42.4 Å². The summed E-state index contributed by atoms with van der Waals surface area (Å²) in [6.45, 7) is 5.71. The van der Waals surface area contributed by atoms with Crippen LogP contribution in [0.3, 0.4) is 0 Å². The van der Waals surface area contributed by atoms with Gasteiger partial charge in [0.15, 0.2) is 0 Å². The Hall–Kier alpha value is -1.45. The molecule has 3 nitrogen and oxygen atoms in total. The smallest absolute Gasteiger partial charge is 0.107 e. The maximum atomic E-state index is 10.3. The van der Waals surface area contributed by atoms with Crippen LogP contribution in [0, 0.1) is 6.92 Å². The highest BCUT2D eigenvalue weighted by Crippen LogP contribution is 2.29. The highest BCUT2D eigenvalue weighted by molar-refractivity contribution is 5.79. The number of methoxy groups -OCH3 is 1. The van der Waals surface area contributed by atoms with E-state index in [1.807, 2.05) is 51.1 Å². The Morgan fingerprint density at radius 3 is 2.61 bits per heavy atom. The number of fused-ring (bicyclic) bond motifs is 1. The zero-order valence-electron chi connectivity index (χ0n) is 11.3. The first-order valence-electron chi connectivity index (χ1n) is 6.04. The molecule has 96 valence electrons. The van der Waals surface area contributed by atoms with Crippen molar-refractivity contribution in [1.29, 1.82) is 0 Å². The zero-order valence-corrected chi connectivity index (χ0v) is 11.3. The van der Waals surface area contributed by atoms with Gasteiger partial charge in [0, 0.05) is 18.2 Å². The first-order valence-corrected chi connectivity index (χ1v) is 6.04. The van der Waals surface area contributed by atoms with Crippen LogP contribution in [0.15, 0.2) is 30.3 Å². The summed E-state index contributed by atoms with van der Waals surface area (Å²) in [7, 11) is 1.61. The fraction of sp³-hybridized carbons (Fsp3) is 0.400. The van der Waals surface area contributed by atoms with Gasteiger partial charge in [0.2, 0.25) is 0 Å². The molecule has 0 fully saturated rings. The third kappa shape index (κ3) is 2.37. The summed E-state index contributed by atoms with van der Waals surface area (Å²) >= 11 is 0. The lowest BCUT2D eigenvalue weighted by molar-refractivity contribution is -0.0792. The molecule has 0 amide bonds. The predicted octanol–water partition coefficient (Wildman–Crippen LogP) is 3.00. The number of aliphatic hydroxyl groups excluding tert-OH is 1. The Bertz CT molecular complexity index is 563. The molecular weight excluding hydrogens is 226 g/mol. The molecule has 2 aromatic rings. The fourth-order valence-electron chi connectivity index (χ4n) is 1.93. The number of rotatable bonds is 3. The van der Waals surface area contributed by atoms with E-state index in [9.17, 15) is 5.11 Å². The van der Waals surface area contributed by atoms with E-state index in [-0.39, 0.29) is 0 Å². The summed E-state index contributed by atoms with van der Waals surface area (Å²) in [5.41, 5.74) is 2.18. The average molecular weight is 245 g/mol. The van der Waals surface area contributed by atoms with Crippen molar-refractivity contribution < 1.29 is 9.84 Å². The Kier molecular flexibility index (Phi) is 3.37. The van der Waals surface area contributed by atoms with Gasteiger partial charge in [-0.1, -0.05) is 12.1 Å². The molecule has 1 aromatic carbocycles. The summed E-state index contributed by atoms with van der Waals surface area (Å²) in [5.74, 6) is 0. The molecule has 0 saturated carbocycles. The molecule has 1 atom stereocenters. The molecule has 0 aliphatic heterocycles. The van der Waals surface area contributed by atoms with Crippen LogP contribution < -0.4 is 0 Å². The van der Waals surface area contributed by atoms with Crippen LogP contribution in [0.5, 0.6) is 0 Å². The minimum absolute atomic E-state index is 0.605. The van der Waals surface area contributed by atoms with E-state index < -0.39 is 11.7 Å². The Labute approximate surface area is 107 Å². The summed E-state index contributed by atoms with van der Waals surface area (Å²) < 4.78 is 5.32. The van der Waals surface area contributed by atoms with Crippen molar-refractivity contribution in [2.75, 3.05) is 7.11 Å². The SMILES string of the molecule is COC(C)(C)C(O)c1ccc2nc(C)ccc2c1. The van der Waals surface area contributed by atoms with Crippen LogP contribution in [-0.4, -0.2) is 22.8 Å². The van der Waals surface area contributed by atoms with Crippen molar-refractivity contribution >= 4 is 10.9 Å². The van der Waals surface area contributed by atoms with Crippen LogP contribution in [0.1, 0.15) is 31.2 Å². The van der Waals surface area contributed by atoms with E-state index in [0.717, 1.165) is 22.2 Å². The number of aryl methyl sites for hydroxylation is 1. The number of hydrogen-bond acceptors (Lipinski definition) is 3. The van der Waals surface area contributed by atoms with Crippen molar-refractivity contribution in [2.24, 2.45) is 0 Å². The maximum absolute atomic E-state index is 10.3. The number of aromatic nitrogens is 1. The Balaban J connectivity index is 2.44. The van der Waals surface area contributed by atoms with E-state index in [2.05, 4.69) is 4.98 Å². The van der Waals surface area contributed by atoms with Gasteiger partial charge < -0.3 is 9.84 Å². The Morgan fingerprint density at radius 1 is 1.22 bits per heavy atom. The molecule has 0 radical (unpaired) electrons. The standard InChI is InChI=1S/C15H19NO2/c1-10-5-6-11-9-12(7-8-13(11)16-10)14(17)15(2,3)18-4/h5-9,14,17H,1-4H3. The first kappa shape index (κ1) is 13.0. The van der Waals surface area contributed by atoms with Crippen molar-refractivity contribution in [2.45, 2.75) is 32.5 Å². The van der Waals surface area contributed by atoms with Crippen LogP contribution in [0.2, 0.25) is 0 Å². The fourth-order valence-corrected chi connectivity index (χ4v) is 1.93. The summed E-state index contributed by atoms with van der Waals surface area (Å²) in [4.78, 5) is 4.45. The molecule has 1 heterocycles. The molecular formula is C15H19NO2. The molecule has 0 bridgehead atoms. The number of pyridine rings is 1. The second kappa shape index (κ2) is 4.67. The zero-order chi connectivity index (χ0) is 13.3. The van der Waals surface area contributed by atoms with E-state index in [0.29, 0.717) is 0 Å². The van der Waals surface area contributed by atoms with Crippen molar-refractivity contribution in [1.82, 2.24) is 4.98 Å². The third-order valence-corrected chi connectivity index (χ3v) is 3.35. The number of nitrogens with zero attached hydrogens (tertiary/aromatic N) is 1. The predicted molar refractivity (Wildman–Crippen MR) is 72.5 cm³/mol. The minimum Gasteiger partial charge on any atom is -0.385 e. The lowest BCUT2D eigenvalue weighted by Gasteiger charge is -2.29. The molecule has 3 heteroatoms. The second-order valence-electron chi connectivity index (χ2n) is 5.11. The van der Waals surface area contributed by atoms with Gasteiger partial charge >= 0.3 is 0 Å². The quantitative estimate of drug-likeness (QED) is 0.903. The third-order valence-electron chi connectivity index (χ3n) is 3.35. The minimum atomic E-state index is -0.659. The molecule has 0 aliphatic rings. The van der Waals surface area contributed by atoms with Gasteiger partial charge in [-0.2, -0.15) is 0 Å². The van der Waals surface area contributed by atoms with Gasteiger partial charge in [-0.15, -0.1) is 0 Å². The van der Waals surface area contributed by atoms with Crippen molar-refractivity contribution in [3.63, 3.8) is 0 Å². The normalized spacial score (nSPS) is 13.8. The van der Waals surface area contributed by atoms with Gasteiger partial charge in [-0.05, 0) is 44.5 Å². The maximum Gasteiger partial charge on any atom is 0.107 e. The van der Waals surface area contributed by atoms with Crippen molar-refractivity contribution in [3.05, 3.63) is 41.6 Å². The molecule has 1 N–H and O–H groups in total. The van der Waals surface area contributed by atoms with Crippen LogP contribution in [0.25, 0.3) is 10.9 Å². The molecule has 1 aromatic heterocycles. The number of ether oxygens (including phenoxy) is 1. The number of hydrogen-bond donors (Lipinski definition) is 1. The van der Waals surface area contributed by atoms with E-state index in [4.69, 9.17) is 4.74 Å². The molecule has 1 unspecified atom stereocenters. The van der Waals surface area contributed by atoms with E-state index >= 15 is 0 Å². The monoisotopic (exact) mass is 245 g/mol. The lowest BCUT2D eigenvalue weighted by Crippen LogP contribution is -2.31. The average Bonchev–Trinajstić information content (AvgIpc) is 2.37. The van der Waals surface area contributed by atoms with Gasteiger partial charge in [-0.25, -0.2) is 0 Å². The summed E-state index contributed by atoms with van der Waals surface area (Å²) in [6, 6.07) is 9.80. The van der Waals surface area contributed by atoms with E-state index in [1.165, 1.54) is 0 Å². The van der Waals surface area contributed by atoms with Gasteiger partial charge in [0.05, 0.1) is 11.1 Å². The van der Waals surface area contributed by atoms with Gasteiger partial charge in [0.1, 0.15) is 6.10 Å². The Morgan fingerprint density at radius 2 is 1.94 bits per heavy atom. The highest BCUT2D eigenvalue weighted by atomic mass is 16.5. The summed E-state index contributed by atoms with van der Waals surface area (Å²) in [6.07, 6.45) is -0.659. The molecule has 0 saturated heterocycles. The molecule has 0 spiro atoms. The number of aliphatic hydroxyl groups is 1. The summed E-state index contributed by atoms with van der Waals surface area (Å²) in [5, 5.41) is 11.3. The first-order chi connectivity index (χ1) is 8.44. The molecule has 2 rings (SSSR count). The van der Waals surface area contributed by atoms with Crippen molar-refractivity contribution in [3.8, 4) is 0 Å². The van der Waals surface area contributed by atoms with Gasteiger partial charge in [0.25, 0.3) is 0 Å². The molecule has 18 heavy (non-hydrogen) atoms. The lowest BCUT2D eigenvalue weighted by atomic mass is 9.93.